The Hall–Kier alpha value is -2.50. The summed E-state index contributed by atoms with van der Waals surface area (Å²) < 4.78 is 2.45. The molecule has 5 heteroatoms. The van der Waals surface area contributed by atoms with Crippen LogP contribution in [0.5, 0.6) is 0 Å². The summed E-state index contributed by atoms with van der Waals surface area (Å²) in [6.07, 6.45) is 3.42. The first-order valence-electron chi connectivity index (χ1n) is 10.4. The maximum absolute atomic E-state index is 12.4. The van der Waals surface area contributed by atoms with Crippen LogP contribution in [0.1, 0.15) is 36.2 Å². The molecule has 4 nitrogen and oxygen atoms in total. The quantitative estimate of drug-likeness (QED) is 0.433. The van der Waals surface area contributed by atoms with E-state index in [4.69, 9.17) is 0 Å². The molecule has 5 rings (SSSR count). The van der Waals surface area contributed by atoms with Crippen molar-refractivity contribution < 1.29 is 4.79 Å². The molecule has 1 aliphatic rings. The SMILES string of the molecule is CCN(CC)CCn1c2ccc(-c3cncs3)cc2c2c3c(ccc21)C(=O)CC3. The summed E-state index contributed by atoms with van der Waals surface area (Å²) in [4.78, 5) is 20.3. The number of rotatable bonds is 6. The number of likely N-dealkylation sites (N-methyl/N-ethyl adjacent to an activating group) is 1. The zero-order valence-corrected chi connectivity index (χ0v) is 17.8. The Labute approximate surface area is 174 Å². The summed E-state index contributed by atoms with van der Waals surface area (Å²) in [7, 11) is 0. The van der Waals surface area contributed by atoms with Crippen molar-refractivity contribution in [3.63, 3.8) is 0 Å². The van der Waals surface area contributed by atoms with Gasteiger partial charge in [-0.25, -0.2) is 0 Å². The molecule has 2 aromatic heterocycles. The molecule has 0 saturated carbocycles. The van der Waals surface area contributed by atoms with Crippen LogP contribution in [-0.4, -0.2) is 39.9 Å². The lowest BCUT2D eigenvalue weighted by Gasteiger charge is -2.19. The Bertz CT molecular complexity index is 1200. The average molecular weight is 404 g/mol. The van der Waals surface area contributed by atoms with Crippen LogP contribution in [0.3, 0.4) is 0 Å². The highest BCUT2D eigenvalue weighted by molar-refractivity contribution is 7.13. The van der Waals surface area contributed by atoms with E-state index in [1.165, 1.54) is 37.8 Å². The van der Waals surface area contributed by atoms with Gasteiger partial charge in [0, 0.05) is 53.1 Å². The van der Waals surface area contributed by atoms with Crippen LogP contribution in [0.15, 0.2) is 42.0 Å². The zero-order valence-electron chi connectivity index (χ0n) is 16.9. The predicted molar refractivity (Wildman–Crippen MR) is 121 cm³/mol. The van der Waals surface area contributed by atoms with E-state index in [1.54, 1.807) is 11.3 Å². The molecule has 0 bridgehead atoms. The topological polar surface area (TPSA) is 38.1 Å². The Balaban J connectivity index is 1.74. The lowest BCUT2D eigenvalue weighted by atomic mass is 10.0. The summed E-state index contributed by atoms with van der Waals surface area (Å²) in [6.45, 7) is 8.54. The van der Waals surface area contributed by atoms with Gasteiger partial charge < -0.3 is 9.47 Å². The molecule has 0 aliphatic heterocycles. The standard InChI is InChI=1S/C24H25N3OS/c1-3-26(4-2)11-12-27-20-8-5-16(23-14-25-15-29-23)13-19(20)24-18-7-10-22(28)17(18)6-9-21(24)27/h5-6,8-9,13-15H,3-4,7,10-12H2,1-2H3. The second kappa shape index (κ2) is 7.39. The highest BCUT2D eigenvalue weighted by Gasteiger charge is 2.25. The number of Topliss-reactive ketones (excluding diaryl/α,β-unsaturated/α-hetero) is 1. The summed E-state index contributed by atoms with van der Waals surface area (Å²) in [5.74, 6) is 0.282. The lowest BCUT2D eigenvalue weighted by molar-refractivity contribution is 0.0994. The molecular formula is C24H25N3OS. The third kappa shape index (κ3) is 3.00. The van der Waals surface area contributed by atoms with E-state index in [0.29, 0.717) is 6.42 Å². The molecule has 0 atom stereocenters. The molecule has 148 valence electrons. The summed E-state index contributed by atoms with van der Waals surface area (Å²) in [5, 5.41) is 2.53. The minimum atomic E-state index is 0.282. The van der Waals surface area contributed by atoms with Crippen molar-refractivity contribution >= 4 is 38.9 Å². The van der Waals surface area contributed by atoms with Crippen LogP contribution in [0.4, 0.5) is 0 Å². The number of aryl methyl sites for hydroxylation is 1. The molecular weight excluding hydrogens is 378 g/mol. The first-order valence-corrected chi connectivity index (χ1v) is 11.3. The van der Waals surface area contributed by atoms with Crippen LogP contribution in [-0.2, 0) is 13.0 Å². The van der Waals surface area contributed by atoms with Crippen molar-refractivity contribution in [3.8, 4) is 10.4 Å². The average Bonchev–Trinajstić information content (AvgIpc) is 3.47. The van der Waals surface area contributed by atoms with Gasteiger partial charge in [0.25, 0.3) is 0 Å². The Morgan fingerprint density at radius 1 is 1.10 bits per heavy atom. The van der Waals surface area contributed by atoms with E-state index in [0.717, 1.165) is 38.2 Å². The molecule has 2 aromatic carbocycles. The Morgan fingerprint density at radius 2 is 1.93 bits per heavy atom. The Morgan fingerprint density at radius 3 is 2.69 bits per heavy atom. The van der Waals surface area contributed by atoms with Gasteiger partial charge >= 0.3 is 0 Å². The fourth-order valence-corrected chi connectivity index (χ4v) is 5.31. The fraction of sp³-hybridized carbons (Fsp3) is 0.333. The van der Waals surface area contributed by atoms with E-state index in [2.05, 4.69) is 52.6 Å². The first kappa shape index (κ1) is 18.5. The number of carbonyl (C=O) groups is 1. The summed E-state index contributed by atoms with van der Waals surface area (Å²) >= 11 is 1.66. The molecule has 0 saturated heterocycles. The molecule has 1 aliphatic carbocycles. The number of nitrogens with zero attached hydrogens (tertiary/aromatic N) is 3. The second-order valence-corrected chi connectivity index (χ2v) is 8.57. The number of fused-ring (bicyclic) bond motifs is 5. The number of thiazole rings is 1. The molecule has 2 heterocycles. The monoisotopic (exact) mass is 403 g/mol. The van der Waals surface area contributed by atoms with Gasteiger partial charge in [0.1, 0.15) is 0 Å². The first-order chi connectivity index (χ1) is 14.2. The number of benzene rings is 2. The van der Waals surface area contributed by atoms with Crippen molar-refractivity contribution in [3.05, 3.63) is 53.2 Å². The second-order valence-electron chi connectivity index (χ2n) is 7.69. The third-order valence-corrected chi connectivity index (χ3v) is 7.11. The highest BCUT2D eigenvalue weighted by Crippen LogP contribution is 2.39. The van der Waals surface area contributed by atoms with E-state index in [-0.39, 0.29) is 5.78 Å². The van der Waals surface area contributed by atoms with Crippen molar-refractivity contribution in [2.45, 2.75) is 33.2 Å². The van der Waals surface area contributed by atoms with E-state index in [9.17, 15) is 4.79 Å². The molecule has 0 radical (unpaired) electrons. The van der Waals surface area contributed by atoms with Crippen molar-refractivity contribution in [1.82, 2.24) is 14.5 Å². The largest absolute Gasteiger partial charge is 0.339 e. The minimum absolute atomic E-state index is 0.282. The molecule has 4 aromatic rings. The van der Waals surface area contributed by atoms with E-state index < -0.39 is 0 Å². The van der Waals surface area contributed by atoms with E-state index >= 15 is 0 Å². The number of hydrogen-bond acceptors (Lipinski definition) is 4. The third-order valence-electron chi connectivity index (χ3n) is 6.29. The molecule has 0 N–H and O–H groups in total. The van der Waals surface area contributed by atoms with Gasteiger partial charge in [0.15, 0.2) is 5.78 Å². The lowest BCUT2D eigenvalue weighted by Crippen LogP contribution is -2.26. The molecule has 0 spiro atoms. The molecule has 29 heavy (non-hydrogen) atoms. The molecule has 0 unspecified atom stereocenters. The van der Waals surface area contributed by atoms with Gasteiger partial charge in [0.2, 0.25) is 0 Å². The zero-order chi connectivity index (χ0) is 20.0. The van der Waals surface area contributed by atoms with Crippen LogP contribution in [0.2, 0.25) is 0 Å². The van der Waals surface area contributed by atoms with Crippen molar-refractivity contribution in [1.29, 1.82) is 0 Å². The van der Waals surface area contributed by atoms with Crippen molar-refractivity contribution in [2.75, 3.05) is 19.6 Å². The van der Waals surface area contributed by atoms with Gasteiger partial charge in [-0.2, -0.15) is 0 Å². The van der Waals surface area contributed by atoms with Crippen LogP contribution in [0, 0.1) is 0 Å². The minimum Gasteiger partial charge on any atom is -0.339 e. The van der Waals surface area contributed by atoms with Gasteiger partial charge in [0.05, 0.1) is 10.4 Å². The number of hydrogen-bond donors (Lipinski definition) is 0. The maximum atomic E-state index is 12.4. The van der Waals surface area contributed by atoms with Gasteiger partial charge in [-0.3, -0.25) is 9.78 Å². The van der Waals surface area contributed by atoms with Gasteiger partial charge in [-0.1, -0.05) is 19.9 Å². The van der Waals surface area contributed by atoms with E-state index in [1.807, 2.05) is 17.8 Å². The highest BCUT2D eigenvalue weighted by atomic mass is 32.1. The summed E-state index contributed by atoms with van der Waals surface area (Å²) in [5.41, 5.74) is 7.74. The predicted octanol–water partition coefficient (Wildman–Crippen LogP) is 5.39. The normalized spacial score (nSPS) is 13.8. The summed E-state index contributed by atoms with van der Waals surface area (Å²) in [6, 6.07) is 10.9. The van der Waals surface area contributed by atoms with Crippen LogP contribution < -0.4 is 0 Å². The van der Waals surface area contributed by atoms with Gasteiger partial charge in [-0.15, -0.1) is 11.3 Å². The number of carbonyl (C=O) groups excluding carboxylic acids is 1. The maximum Gasteiger partial charge on any atom is 0.163 e. The van der Waals surface area contributed by atoms with Crippen molar-refractivity contribution in [2.24, 2.45) is 0 Å². The molecule has 0 fully saturated rings. The number of ketones is 1. The smallest absolute Gasteiger partial charge is 0.163 e. The van der Waals surface area contributed by atoms with Gasteiger partial charge in [-0.05, 0) is 54.9 Å². The fourth-order valence-electron chi connectivity index (χ4n) is 4.69. The van der Waals surface area contributed by atoms with Crippen LogP contribution >= 0.6 is 11.3 Å². The van der Waals surface area contributed by atoms with Crippen LogP contribution in [0.25, 0.3) is 32.2 Å². The molecule has 0 amide bonds. The number of aromatic nitrogens is 2. The Kier molecular flexibility index (Phi) is 4.72.